The number of ether oxygens (including phenoxy) is 2. The van der Waals surface area contributed by atoms with Gasteiger partial charge in [0.2, 0.25) is 11.9 Å². The van der Waals surface area contributed by atoms with Crippen LogP contribution in [-0.2, 0) is 11.2 Å². The lowest BCUT2D eigenvalue weighted by molar-refractivity contribution is -0.124. The van der Waals surface area contributed by atoms with Crippen LogP contribution in [0, 0.1) is 6.92 Å². The summed E-state index contributed by atoms with van der Waals surface area (Å²) >= 11 is 0. The van der Waals surface area contributed by atoms with E-state index in [-0.39, 0.29) is 11.9 Å². The molecule has 8 nitrogen and oxygen atoms in total. The molecule has 0 aliphatic carbocycles. The number of carbonyl (C=O) groups is 1. The van der Waals surface area contributed by atoms with E-state index in [0.717, 1.165) is 28.6 Å². The highest BCUT2D eigenvalue weighted by atomic mass is 16.5. The third-order valence-corrected chi connectivity index (χ3v) is 5.51. The number of nitrogens with one attached hydrogen (secondary N) is 3. The van der Waals surface area contributed by atoms with Crippen LogP contribution in [0.1, 0.15) is 36.2 Å². The summed E-state index contributed by atoms with van der Waals surface area (Å²) in [5.41, 5.74) is 3.94. The van der Waals surface area contributed by atoms with Gasteiger partial charge in [0.1, 0.15) is 0 Å². The van der Waals surface area contributed by atoms with Crippen LogP contribution in [0.2, 0.25) is 0 Å². The molecule has 1 aliphatic rings. The number of anilines is 1. The lowest BCUT2D eigenvalue weighted by Gasteiger charge is -2.32. The van der Waals surface area contributed by atoms with E-state index in [1.54, 1.807) is 14.2 Å². The second kappa shape index (κ2) is 8.77. The average molecular weight is 422 g/mol. The van der Waals surface area contributed by atoms with Crippen LogP contribution in [-0.4, -0.2) is 36.4 Å². The number of fused-ring (bicyclic) bond motifs is 1. The van der Waals surface area contributed by atoms with E-state index in [0.29, 0.717) is 23.9 Å². The van der Waals surface area contributed by atoms with Gasteiger partial charge in [-0.05, 0) is 48.7 Å². The standard InChI is InChI=1S/C23H27N5O3/c1-5-14-6-8-17-16(10-14)13(2)24-22(25-17)28-23-26-18(12-21(29)27-23)15-7-9-19(30-3)20(11-15)31-4/h6-11,18,23,26H,5,12H2,1-4H3,(H,27,29)(H,24,25,28). The van der Waals surface area contributed by atoms with E-state index in [9.17, 15) is 4.79 Å². The molecule has 1 saturated heterocycles. The van der Waals surface area contributed by atoms with Crippen molar-refractivity contribution >= 4 is 22.8 Å². The predicted molar refractivity (Wildman–Crippen MR) is 119 cm³/mol. The highest BCUT2D eigenvalue weighted by Crippen LogP contribution is 2.31. The normalized spacial score (nSPS) is 18.5. The van der Waals surface area contributed by atoms with Crippen molar-refractivity contribution in [3.63, 3.8) is 0 Å². The molecule has 0 radical (unpaired) electrons. The van der Waals surface area contributed by atoms with Crippen LogP contribution in [0.4, 0.5) is 5.95 Å². The van der Waals surface area contributed by atoms with Crippen molar-refractivity contribution in [2.45, 2.75) is 39.0 Å². The molecule has 0 saturated carbocycles. The first-order valence-corrected chi connectivity index (χ1v) is 10.3. The first-order chi connectivity index (χ1) is 15.0. The molecule has 2 atom stereocenters. The molecular formula is C23H27N5O3. The molecule has 8 heteroatoms. The Kier molecular flexibility index (Phi) is 5.90. The number of aryl methyl sites for hydroxylation is 2. The molecule has 0 bridgehead atoms. The van der Waals surface area contributed by atoms with E-state index in [2.05, 4.69) is 45.0 Å². The van der Waals surface area contributed by atoms with Gasteiger partial charge in [0.15, 0.2) is 17.8 Å². The summed E-state index contributed by atoms with van der Waals surface area (Å²) in [7, 11) is 3.19. The van der Waals surface area contributed by atoms with Crippen LogP contribution in [0.3, 0.4) is 0 Å². The molecule has 1 amide bonds. The molecule has 1 aromatic heterocycles. The van der Waals surface area contributed by atoms with E-state index < -0.39 is 6.29 Å². The van der Waals surface area contributed by atoms with E-state index in [1.165, 1.54) is 5.56 Å². The quantitative estimate of drug-likeness (QED) is 0.563. The Hall–Kier alpha value is -3.39. The largest absolute Gasteiger partial charge is 0.493 e. The Bertz CT molecular complexity index is 1120. The average Bonchev–Trinajstić information content (AvgIpc) is 2.78. The fourth-order valence-electron chi connectivity index (χ4n) is 3.81. The van der Waals surface area contributed by atoms with E-state index in [1.807, 2.05) is 31.2 Å². The second-order valence-corrected chi connectivity index (χ2v) is 7.52. The zero-order valence-electron chi connectivity index (χ0n) is 18.2. The van der Waals surface area contributed by atoms with Crippen molar-refractivity contribution in [3.8, 4) is 11.5 Å². The van der Waals surface area contributed by atoms with E-state index >= 15 is 0 Å². The number of nitrogens with zero attached hydrogens (tertiary/aromatic N) is 2. The number of carbonyl (C=O) groups excluding carboxylic acids is 1. The van der Waals surface area contributed by atoms with Gasteiger partial charge in [-0.1, -0.05) is 19.1 Å². The summed E-state index contributed by atoms with van der Waals surface area (Å²) in [5, 5.41) is 10.5. The van der Waals surface area contributed by atoms with Gasteiger partial charge >= 0.3 is 0 Å². The van der Waals surface area contributed by atoms with Crippen LogP contribution >= 0.6 is 0 Å². The van der Waals surface area contributed by atoms with Gasteiger partial charge in [-0.3, -0.25) is 10.1 Å². The van der Waals surface area contributed by atoms with Gasteiger partial charge in [0.25, 0.3) is 0 Å². The van der Waals surface area contributed by atoms with Crippen molar-refractivity contribution in [1.82, 2.24) is 20.6 Å². The monoisotopic (exact) mass is 421 g/mol. The molecule has 162 valence electrons. The lowest BCUT2D eigenvalue weighted by Crippen LogP contribution is -2.56. The van der Waals surface area contributed by atoms with Crippen molar-refractivity contribution in [3.05, 3.63) is 53.2 Å². The van der Waals surface area contributed by atoms with Gasteiger partial charge < -0.3 is 20.1 Å². The number of methoxy groups -OCH3 is 2. The van der Waals surface area contributed by atoms with Crippen LogP contribution in [0.15, 0.2) is 36.4 Å². The zero-order chi connectivity index (χ0) is 22.0. The molecule has 3 aromatic rings. The third kappa shape index (κ3) is 4.39. The Balaban J connectivity index is 1.56. The molecule has 2 unspecified atom stereocenters. The highest BCUT2D eigenvalue weighted by molar-refractivity contribution is 5.83. The number of benzene rings is 2. The second-order valence-electron chi connectivity index (χ2n) is 7.52. The van der Waals surface area contributed by atoms with Crippen LogP contribution in [0.25, 0.3) is 10.9 Å². The molecule has 0 spiro atoms. The topological polar surface area (TPSA) is 97.4 Å². The summed E-state index contributed by atoms with van der Waals surface area (Å²) in [6.45, 7) is 4.09. The summed E-state index contributed by atoms with van der Waals surface area (Å²) in [6.07, 6.45) is 0.766. The summed E-state index contributed by atoms with van der Waals surface area (Å²) in [5.74, 6) is 1.66. The summed E-state index contributed by atoms with van der Waals surface area (Å²) in [6, 6.07) is 11.7. The molecular weight excluding hydrogens is 394 g/mol. The van der Waals surface area contributed by atoms with Crippen LogP contribution in [0.5, 0.6) is 11.5 Å². The predicted octanol–water partition coefficient (Wildman–Crippen LogP) is 3.06. The molecule has 3 N–H and O–H groups in total. The number of rotatable bonds is 6. The highest BCUT2D eigenvalue weighted by Gasteiger charge is 2.28. The van der Waals surface area contributed by atoms with Crippen molar-refractivity contribution in [2.75, 3.05) is 19.5 Å². The maximum Gasteiger partial charge on any atom is 0.226 e. The van der Waals surface area contributed by atoms with Crippen molar-refractivity contribution < 1.29 is 14.3 Å². The SMILES string of the molecule is CCc1ccc2nc(NC3NC(=O)CC(c4ccc(OC)c(OC)c4)N3)nc(C)c2c1. The van der Waals surface area contributed by atoms with Gasteiger partial charge in [-0.2, -0.15) is 0 Å². The molecule has 1 aliphatic heterocycles. The van der Waals surface area contributed by atoms with Gasteiger partial charge in [0.05, 0.1) is 25.4 Å². The molecule has 4 rings (SSSR count). The minimum Gasteiger partial charge on any atom is -0.493 e. The first-order valence-electron chi connectivity index (χ1n) is 10.3. The Morgan fingerprint density at radius 2 is 1.90 bits per heavy atom. The van der Waals surface area contributed by atoms with Gasteiger partial charge in [-0.25, -0.2) is 9.97 Å². The lowest BCUT2D eigenvalue weighted by atomic mass is 10.0. The maximum atomic E-state index is 12.4. The third-order valence-electron chi connectivity index (χ3n) is 5.51. The minimum absolute atomic E-state index is 0.0684. The number of amides is 1. The van der Waals surface area contributed by atoms with Gasteiger partial charge in [0, 0.05) is 17.8 Å². The van der Waals surface area contributed by atoms with E-state index in [4.69, 9.17) is 9.47 Å². The molecule has 31 heavy (non-hydrogen) atoms. The number of aromatic nitrogens is 2. The zero-order valence-corrected chi connectivity index (χ0v) is 18.2. The Labute approximate surface area is 181 Å². The van der Waals surface area contributed by atoms with Gasteiger partial charge in [-0.15, -0.1) is 0 Å². The fourth-order valence-corrected chi connectivity index (χ4v) is 3.81. The van der Waals surface area contributed by atoms with Crippen molar-refractivity contribution in [2.24, 2.45) is 0 Å². The number of hydrogen-bond donors (Lipinski definition) is 3. The molecule has 2 heterocycles. The maximum absolute atomic E-state index is 12.4. The Morgan fingerprint density at radius 3 is 2.65 bits per heavy atom. The fraction of sp³-hybridized carbons (Fsp3) is 0.348. The smallest absolute Gasteiger partial charge is 0.226 e. The molecule has 2 aromatic carbocycles. The van der Waals surface area contributed by atoms with Crippen molar-refractivity contribution in [1.29, 1.82) is 0 Å². The molecule has 1 fully saturated rings. The summed E-state index contributed by atoms with van der Waals surface area (Å²) in [4.78, 5) is 21.6. The first kappa shape index (κ1) is 20.9. The van der Waals surface area contributed by atoms with Crippen LogP contribution < -0.4 is 25.4 Å². The minimum atomic E-state index is -0.508. The summed E-state index contributed by atoms with van der Waals surface area (Å²) < 4.78 is 10.7. The number of hydrogen-bond acceptors (Lipinski definition) is 7. The Morgan fingerprint density at radius 1 is 1.10 bits per heavy atom.